The SMILES string of the molecule is Cc1ccc(NS(=O)(=O)c2sc(=O)[nH]c2C)cc1C. The molecule has 0 atom stereocenters. The quantitative estimate of drug-likeness (QED) is 0.911. The maximum absolute atomic E-state index is 12.2. The zero-order valence-corrected chi connectivity index (χ0v) is 12.4. The molecule has 2 N–H and O–H groups in total. The zero-order valence-electron chi connectivity index (χ0n) is 10.8. The summed E-state index contributed by atoms with van der Waals surface area (Å²) in [4.78, 5) is 13.3. The van der Waals surface area contributed by atoms with Crippen molar-refractivity contribution < 1.29 is 8.42 Å². The summed E-state index contributed by atoms with van der Waals surface area (Å²) in [5.74, 6) is 0. The molecule has 0 amide bonds. The summed E-state index contributed by atoms with van der Waals surface area (Å²) in [6.07, 6.45) is 0. The Morgan fingerprint density at radius 1 is 1.16 bits per heavy atom. The van der Waals surface area contributed by atoms with Gasteiger partial charge in [-0.15, -0.1) is 0 Å². The van der Waals surface area contributed by atoms with E-state index in [1.165, 1.54) is 0 Å². The van der Waals surface area contributed by atoms with Crippen LogP contribution in [-0.4, -0.2) is 13.4 Å². The molecular weight excluding hydrogens is 284 g/mol. The van der Waals surface area contributed by atoms with Crippen molar-refractivity contribution in [1.82, 2.24) is 4.98 Å². The molecule has 0 aliphatic heterocycles. The molecule has 0 spiro atoms. The monoisotopic (exact) mass is 298 g/mol. The third-order valence-electron chi connectivity index (χ3n) is 2.78. The lowest BCUT2D eigenvalue weighted by molar-refractivity contribution is 0.602. The Hall–Kier alpha value is -1.60. The van der Waals surface area contributed by atoms with Gasteiger partial charge in [0.2, 0.25) is 0 Å². The average molecular weight is 298 g/mol. The molecule has 0 aliphatic rings. The van der Waals surface area contributed by atoms with Gasteiger partial charge in [0, 0.05) is 11.4 Å². The summed E-state index contributed by atoms with van der Waals surface area (Å²) in [7, 11) is -3.72. The Morgan fingerprint density at radius 2 is 1.84 bits per heavy atom. The van der Waals surface area contributed by atoms with Crippen LogP contribution in [0.5, 0.6) is 0 Å². The third-order valence-corrected chi connectivity index (χ3v) is 5.77. The Labute approximate surface area is 115 Å². The van der Waals surface area contributed by atoms with Crippen molar-refractivity contribution in [3.8, 4) is 0 Å². The highest BCUT2D eigenvalue weighted by atomic mass is 32.2. The van der Waals surface area contributed by atoms with Gasteiger partial charge in [0.25, 0.3) is 10.0 Å². The number of benzene rings is 1. The molecule has 19 heavy (non-hydrogen) atoms. The van der Waals surface area contributed by atoms with Gasteiger partial charge in [-0.05, 0) is 44.0 Å². The zero-order chi connectivity index (χ0) is 14.2. The second-order valence-electron chi connectivity index (χ2n) is 4.33. The molecule has 0 radical (unpaired) electrons. The van der Waals surface area contributed by atoms with Gasteiger partial charge in [0.15, 0.2) is 4.21 Å². The summed E-state index contributed by atoms with van der Waals surface area (Å²) in [5, 5.41) is 0. The normalized spacial score (nSPS) is 11.5. The Morgan fingerprint density at radius 3 is 2.37 bits per heavy atom. The van der Waals surface area contributed by atoms with E-state index in [2.05, 4.69) is 9.71 Å². The standard InChI is InChI=1S/C12H14N2O3S2/c1-7-4-5-10(6-8(7)2)14-19(16,17)11-9(3)13-12(15)18-11/h4-6,14H,1-3H3,(H,13,15). The van der Waals surface area contributed by atoms with E-state index in [9.17, 15) is 13.2 Å². The summed E-state index contributed by atoms with van der Waals surface area (Å²) in [5.41, 5.74) is 2.93. The largest absolute Gasteiger partial charge is 0.315 e. The Kier molecular flexibility index (Phi) is 3.51. The molecule has 102 valence electrons. The number of aromatic amines is 1. The lowest BCUT2D eigenvalue weighted by atomic mass is 10.1. The second kappa shape index (κ2) is 4.82. The molecule has 1 aromatic carbocycles. The van der Waals surface area contributed by atoms with Crippen molar-refractivity contribution in [2.45, 2.75) is 25.0 Å². The van der Waals surface area contributed by atoms with E-state index in [-0.39, 0.29) is 9.08 Å². The van der Waals surface area contributed by atoms with Gasteiger partial charge >= 0.3 is 4.87 Å². The minimum absolute atomic E-state index is 0.0238. The number of anilines is 1. The number of sulfonamides is 1. The van der Waals surface area contributed by atoms with Crippen molar-refractivity contribution in [1.29, 1.82) is 0 Å². The maximum atomic E-state index is 12.2. The van der Waals surface area contributed by atoms with Gasteiger partial charge in [-0.1, -0.05) is 17.4 Å². The van der Waals surface area contributed by atoms with E-state index in [0.29, 0.717) is 22.7 Å². The highest BCUT2D eigenvalue weighted by molar-refractivity contribution is 7.94. The summed E-state index contributed by atoms with van der Waals surface area (Å²) >= 11 is 0.686. The summed E-state index contributed by atoms with van der Waals surface area (Å²) in [6, 6.07) is 5.31. The van der Waals surface area contributed by atoms with Crippen molar-refractivity contribution in [3.63, 3.8) is 0 Å². The van der Waals surface area contributed by atoms with Crippen LogP contribution in [0.4, 0.5) is 5.69 Å². The number of H-pyrrole nitrogens is 1. The van der Waals surface area contributed by atoms with Gasteiger partial charge in [0.1, 0.15) is 0 Å². The van der Waals surface area contributed by atoms with Gasteiger partial charge in [-0.25, -0.2) is 8.42 Å². The molecule has 7 heteroatoms. The molecule has 0 bridgehead atoms. The topological polar surface area (TPSA) is 79.0 Å². The van der Waals surface area contributed by atoms with E-state index < -0.39 is 10.0 Å². The fourth-order valence-corrected chi connectivity index (χ4v) is 4.00. The maximum Gasteiger partial charge on any atom is 0.306 e. The summed E-state index contributed by atoms with van der Waals surface area (Å²) < 4.78 is 26.8. The fourth-order valence-electron chi connectivity index (χ4n) is 1.65. The van der Waals surface area contributed by atoms with Crippen LogP contribution in [0.15, 0.2) is 27.2 Å². The molecular formula is C12H14N2O3S2. The number of hydrogen-bond acceptors (Lipinski definition) is 4. The van der Waals surface area contributed by atoms with Crippen molar-refractivity contribution in [2.75, 3.05) is 4.72 Å². The number of aromatic nitrogens is 1. The Balaban J connectivity index is 2.39. The first kappa shape index (κ1) is 13.8. The third kappa shape index (κ3) is 2.87. The number of rotatable bonds is 3. The second-order valence-corrected chi connectivity index (χ2v) is 7.19. The van der Waals surface area contributed by atoms with E-state index in [1.54, 1.807) is 19.1 Å². The lowest BCUT2D eigenvalue weighted by Gasteiger charge is -2.08. The van der Waals surface area contributed by atoms with Crippen LogP contribution in [0, 0.1) is 20.8 Å². The van der Waals surface area contributed by atoms with E-state index in [4.69, 9.17) is 0 Å². The van der Waals surface area contributed by atoms with Crippen molar-refractivity contribution in [2.24, 2.45) is 0 Å². The van der Waals surface area contributed by atoms with Crippen molar-refractivity contribution in [3.05, 3.63) is 44.7 Å². The van der Waals surface area contributed by atoms with Gasteiger partial charge in [-0.3, -0.25) is 9.52 Å². The lowest BCUT2D eigenvalue weighted by Crippen LogP contribution is -2.12. The van der Waals surface area contributed by atoms with Crippen LogP contribution in [0.1, 0.15) is 16.8 Å². The molecule has 2 rings (SSSR count). The minimum atomic E-state index is -3.72. The van der Waals surface area contributed by atoms with E-state index in [0.717, 1.165) is 11.1 Å². The molecule has 0 aliphatic carbocycles. The van der Waals surface area contributed by atoms with E-state index >= 15 is 0 Å². The molecule has 0 saturated heterocycles. The van der Waals surface area contributed by atoms with Crippen molar-refractivity contribution >= 4 is 27.0 Å². The number of nitrogens with one attached hydrogen (secondary N) is 2. The van der Waals surface area contributed by atoms with Gasteiger partial charge in [0.05, 0.1) is 0 Å². The van der Waals surface area contributed by atoms with Crippen LogP contribution in [0.25, 0.3) is 0 Å². The molecule has 5 nitrogen and oxygen atoms in total. The molecule has 2 aromatic rings. The summed E-state index contributed by atoms with van der Waals surface area (Å²) in [6.45, 7) is 5.43. The highest BCUT2D eigenvalue weighted by Crippen LogP contribution is 2.21. The first-order valence-corrected chi connectivity index (χ1v) is 7.89. The smallest absolute Gasteiger partial charge is 0.306 e. The molecule has 0 saturated carbocycles. The number of hydrogen-bond donors (Lipinski definition) is 2. The number of aryl methyl sites for hydroxylation is 3. The molecule has 0 unspecified atom stereocenters. The Bertz CT molecular complexity index is 773. The number of thiazole rings is 1. The van der Waals surface area contributed by atoms with Gasteiger partial charge in [-0.2, -0.15) is 0 Å². The predicted octanol–water partition coefficient (Wildman–Crippen LogP) is 2.16. The van der Waals surface area contributed by atoms with Crippen LogP contribution in [-0.2, 0) is 10.0 Å². The molecule has 1 heterocycles. The highest BCUT2D eigenvalue weighted by Gasteiger charge is 2.20. The first-order chi connectivity index (χ1) is 8.79. The van der Waals surface area contributed by atoms with E-state index in [1.807, 2.05) is 19.9 Å². The van der Waals surface area contributed by atoms with Crippen LogP contribution >= 0.6 is 11.3 Å². The van der Waals surface area contributed by atoms with Gasteiger partial charge < -0.3 is 4.98 Å². The van der Waals surface area contributed by atoms with Crippen LogP contribution in [0.3, 0.4) is 0 Å². The van der Waals surface area contributed by atoms with Crippen LogP contribution in [0.2, 0.25) is 0 Å². The average Bonchev–Trinajstić information content (AvgIpc) is 2.63. The fraction of sp³-hybridized carbons (Fsp3) is 0.250. The molecule has 0 fully saturated rings. The minimum Gasteiger partial charge on any atom is -0.315 e. The van der Waals surface area contributed by atoms with Crippen LogP contribution < -0.4 is 9.60 Å². The first-order valence-electron chi connectivity index (χ1n) is 5.59. The molecule has 1 aromatic heterocycles. The predicted molar refractivity (Wildman–Crippen MR) is 76.4 cm³/mol.